The number of benzene rings is 2. The van der Waals surface area contributed by atoms with Crippen molar-refractivity contribution in [2.24, 2.45) is 5.73 Å². The van der Waals surface area contributed by atoms with Crippen molar-refractivity contribution >= 4 is 28.0 Å². The minimum atomic E-state index is -3.89. The lowest BCUT2D eigenvalue weighted by Crippen LogP contribution is -2.40. The standard InChI is InChI=1S/C19H20N2O5S/c1-14(21-27(24,25)13-12-15-8-4-2-5-9-15)19(23)26-17(18(20)22)16-10-6-3-7-11-16/h2-14,17,21H,1H3,(H2,20,22)/b13-12+/t14-,17?/m0/s1. The van der Waals surface area contributed by atoms with Crippen LogP contribution in [0.1, 0.15) is 24.2 Å². The highest BCUT2D eigenvalue weighted by atomic mass is 32.2. The topological polar surface area (TPSA) is 116 Å². The summed E-state index contributed by atoms with van der Waals surface area (Å²) in [5.74, 6) is -1.77. The highest BCUT2D eigenvalue weighted by Gasteiger charge is 2.27. The molecule has 0 spiro atoms. The molecular formula is C19H20N2O5S. The predicted octanol–water partition coefficient (Wildman–Crippen LogP) is 1.73. The number of hydrogen-bond donors (Lipinski definition) is 2. The third-order valence-corrected chi connectivity index (χ3v) is 4.71. The van der Waals surface area contributed by atoms with E-state index in [-0.39, 0.29) is 0 Å². The van der Waals surface area contributed by atoms with Crippen molar-refractivity contribution in [1.29, 1.82) is 0 Å². The number of esters is 1. The normalized spacial score (nSPS) is 13.8. The van der Waals surface area contributed by atoms with Gasteiger partial charge in [-0.05, 0) is 18.6 Å². The molecule has 2 rings (SSSR count). The molecular weight excluding hydrogens is 368 g/mol. The Balaban J connectivity index is 2.03. The van der Waals surface area contributed by atoms with Gasteiger partial charge in [-0.1, -0.05) is 60.7 Å². The second-order valence-corrected chi connectivity index (χ2v) is 7.33. The van der Waals surface area contributed by atoms with E-state index in [4.69, 9.17) is 10.5 Å². The van der Waals surface area contributed by atoms with Crippen LogP contribution in [0.15, 0.2) is 66.1 Å². The number of hydrogen-bond acceptors (Lipinski definition) is 5. The molecule has 0 aromatic heterocycles. The summed E-state index contributed by atoms with van der Waals surface area (Å²) in [5, 5.41) is 0.953. The number of amides is 1. The molecule has 0 aliphatic carbocycles. The first kappa shape index (κ1) is 20.3. The fourth-order valence-corrected chi connectivity index (χ4v) is 3.21. The first-order valence-electron chi connectivity index (χ1n) is 8.09. The Labute approximate surface area is 157 Å². The van der Waals surface area contributed by atoms with Crippen LogP contribution < -0.4 is 10.5 Å². The van der Waals surface area contributed by atoms with E-state index < -0.39 is 34.0 Å². The molecule has 0 aliphatic rings. The van der Waals surface area contributed by atoms with E-state index in [1.54, 1.807) is 54.6 Å². The quantitative estimate of drug-likeness (QED) is 0.668. The third kappa shape index (κ3) is 6.36. The number of nitrogens with two attached hydrogens (primary N) is 1. The SMILES string of the molecule is C[C@H](NS(=O)(=O)/C=C/c1ccccc1)C(=O)OC(C(N)=O)c1ccccc1. The number of sulfonamides is 1. The Bertz CT molecular complexity index is 912. The van der Waals surface area contributed by atoms with Gasteiger partial charge in [0.05, 0.1) is 0 Å². The average Bonchev–Trinajstić information content (AvgIpc) is 2.65. The Hall–Kier alpha value is -2.97. The molecule has 0 bridgehead atoms. The summed E-state index contributed by atoms with van der Waals surface area (Å²) in [5.41, 5.74) is 6.38. The van der Waals surface area contributed by atoms with Gasteiger partial charge in [-0.3, -0.25) is 9.59 Å². The molecule has 0 heterocycles. The van der Waals surface area contributed by atoms with Gasteiger partial charge >= 0.3 is 5.97 Å². The maximum absolute atomic E-state index is 12.2. The first-order chi connectivity index (χ1) is 12.8. The number of carbonyl (C=O) groups excluding carboxylic acids is 2. The molecule has 2 aromatic carbocycles. The lowest BCUT2D eigenvalue weighted by Gasteiger charge is -2.18. The van der Waals surface area contributed by atoms with Crippen LogP contribution in [0.2, 0.25) is 0 Å². The highest BCUT2D eigenvalue weighted by Crippen LogP contribution is 2.17. The Morgan fingerprint density at radius 1 is 1.04 bits per heavy atom. The van der Waals surface area contributed by atoms with Gasteiger partial charge in [-0.15, -0.1) is 0 Å². The van der Waals surface area contributed by atoms with Gasteiger partial charge in [0.15, 0.2) is 0 Å². The average molecular weight is 388 g/mol. The summed E-state index contributed by atoms with van der Waals surface area (Å²) in [4.78, 5) is 23.8. The van der Waals surface area contributed by atoms with E-state index >= 15 is 0 Å². The summed E-state index contributed by atoms with van der Waals surface area (Å²) in [7, 11) is -3.89. The van der Waals surface area contributed by atoms with Crippen molar-refractivity contribution in [3.63, 3.8) is 0 Å². The molecule has 3 N–H and O–H groups in total. The molecule has 0 aliphatic heterocycles. The van der Waals surface area contributed by atoms with Crippen molar-refractivity contribution in [1.82, 2.24) is 4.72 Å². The molecule has 27 heavy (non-hydrogen) atoms. The lowest BCUT2D eigenvalue weighted by molar-refractivity contribution is -0.156. The van der Waals surface area contributed by atoms with Crippen molar-refractivity contribution < 1.29 is 22.7 Å². The van der Waals surface area contributed by atoms with Crippen LogP contribution in [-0.2, 0) is 24.3 Å². The minimum absolute atomic E-state index is 0.400. The molecule has 1 amide bonds. The van der Waals surface area contributed by atoms with E-state index in [1.165, 1.54) is 13.0 Å². The summed E-state index contributed by atoms with van der Waals surface area (Å²) in [6.45, 7) is 1.32. The maximum atomic E-state index is 12.2. The monoisotopic (exact) mass is 388 g/mol. The van der Waals surface area contributed by atoms with Gasteiger partial charge < -0.3 is 10.5 Å². The number of nitrogens with one attached hydrogen (secondary N) is 1. The van der Waals surface area contributed by atoms with Crippen LogP contribution in [0.4, 0.5) is 0 Å². The van der Waals surface area contributed by atoms with Gasteiger partial charge in [-0.2, -0.15) is 4.72 Å². The predicted molar refractivity (Wildman–Crippen MR) is 101 cm³/mol. The van der Waals surface area contributed by atoms with Crippen LogP contribution in [0.3, 0.4) is 0 Å². The molecule has 8 heteroatoms. The molecule has 0 fully saturated rings. The first-order valence-corrected chi connectivity index (χ1v) is 9.63. The molecule has 2 aromatic rings. The molecule has 0 saturated heterocycles. The maximum Gasteiger partial charge on any atom is 0.325 e. The van der Waals surface area contributed by atoms with Crippen molar-refractivity contribution in [3.05, 3.63) is 77.2 Å². The Morgan fingerprint density at radius 3 is 2.15 bits per heavy atom. The number of ether oxygens (including phenoxy) is 1. The molecule has 1 unspecified atom stereocenters. The van der Waals surface area contributed by atoms with Crippen LogP contribution >= 0.6 is 0 Å². The zero-order valence-electron chi connectivity index (χ0n) is 14.6. The van der Waals surface area contributed by atoms with Crippen molar-refractivity contribution in [2.45, 2.75) is 19.1 Å². The molecule has 7 nitrogen and oxygen atoms in total. The molecule has 142 valence electrons. The Morgan fingerprint density at radius 2 is 1.59 bits per heavy atom. The van der Waals surface area contributed by atoms with Gasteiger partial charge in [-0.25, -0.2) is 8.42 Å². The van der Waals surface area contributed by atoms with E-state index in [0.29, 0.717) is 11.1 Å². The van der Waals surface area contributed by atoms with Crippen LogP contribution in [-0.4, -0.2) is 26.3 Å². The number of primary amides is 1. The van der Waals surface area contributed by atoms with Crippen molar-refractivity contribution in [2.75, 3.05) is 0 Å². The Kier molecular flexibility index (Phi) is 6.86. The second kappa shape index (κ2) is 9.11. The van der Waals surface area contributed by atoms with Crippen LogP contribution in [0, 0.1) is 0 Å². The largest absolute Gasteiger partial charge is 0.446 e. The third-order valence-electron chi connectivity index (χ3n) is 3.53. The van der Waals surface area contributed by atoms with E-state index in [9.17, 15) is 18.0 Å². The van der Waals surface area contributed by atoms with Gasteiger partial charge in [0.25, 0.3) is 5.91 Å². The molecule has 2 atom stereocenters. The fourth-order valence-electron chi connectivity index (χ4n) is 2.20. The van der Waals surface area contributed by atoms with E-state index in [2.05, 4.69) is 4.72 Å². The van der Waals surface area contributed by atoms with Crippen LogP contribution in [0.25, 0.3) is 6.08 Å². The summed E-state index contributed by atoms with van der Waals surface area (Å²) in [6.07, 6.45) is 0.0989. The lowest BCUT2D eigenvalue weighted by atomic mass is 10.1. The van der Waals surface area contributed by atoms with Crippen LogP contribution in [0.5, 0.6) is 0 Å². The zero-order chi connectivity index (χ0) is 19.9. The smallest absolute Gasteiger partial charge is 0.325 e. The summed E-state index contributed by atoms with van der Waals surface area (Å²) < 4.78 is 31.5. The summed E-state index contributed by atoms with van der Waals surface area (Å²) in [6, 6.07) is 15.9. The number of carbonyl (C=O) groups is 2. The van der Waals surface area contributed by atoms with Crippen molar-refractivity contribution in [3.8, 4) is 0 Å². The highest BCUT2D eigenvalue weighted by molar-refractivity contribution is 7.92. The van der Waals surface area contributed by atoms with E-state index in [0.717, 1.165) is 5.41 Å². The summed E-state index contributed by atoms with van der Waals surface area (Å²) >= 11 is 0. The van der Waals surface area contributed by atoms with Gasteiger partial charge in [0, 0.05) is 11.0 Å². The fraction of sp³-hybridized carbons (Fsp3) is 0.158. The second-order valence-electron chi connectivity index (χ2n) is 5.73. The molecule has 0 radical (unpaired) electrons. The number of rotatable bonds is 8. The van der Waals surface area contributed by atoms with Gasteiger partial charge in [0.2, 0.25) is 16.1 Å². The molecule has 0 saturated carbocycles. The zero-order valence-corrected chi connectivity index (χ0v) is 15.4. The minimum Gasteiger partial charge on any atom is -0.446 e. The van der Waals surface area contributed by atoms with E-state index in [1.807, 2.05) is 6.07 Å². The van der Waals surface area contributed by atoms with Gasteiger partial charge in [0.1, 0.15) is 6.04 Å².